The van der Waals surface area contributed by atoms with E-state index in [9.17, 15) is 9.59 Å². The molecule has 0 bridgehead atoms. The van der Waals surface area contributed by atoms with Gasteiger partial charge in [-0.3, -0.25) is 9.59 Å². The van der Waals surface area contributed by atoms with Crippen LogP contribution in [0.5, 0.6) is 0 Å². The third-order valence-corrected chi connectivity index (χ3v) is 5.28. The highest BCUT2D eigenvalue weighted by Gasteiger charge is 2.31. The number of nitrogens with zero attached hydrogens (tertiary/aromatic N) is 1. The number of halogens is 1. The zero-order chi connectivity index (χ0) is 15.4. The standard InChI is InChI=1S/C15H18BrNO3S/c1-10(11-2-4-12(16)5-3-11)15(20)17-6-7-21-9-13(17)8-14(18)19/h2-5,10,13H,6-9H2,1H3,(H,18,19). The molecule has 0 radical (unpaired) electrons. The highest BCUT2D eigenvalue weighted by molar-refractivity contribution is 9.10. The van der Waals surface area contributed by atoms with Crippen molar-refractivity contribution in [1.82, 2.24) is 4.90 Å². The molecule has 4 nitrogen and oxygen atoms in total. The van der Waals surface area contributed by atoms with Gasteiger partial charge in [0.2, 0.25) is 5.91 Å². The van der Waals surface area contributed by atoms with Gasteiger partial charge in [0.05, 0.1) is 18.4 Å². The number of carboxylic acid groups (broad SMARTS) is 1. The molecule has 21 heavy (non-hydrogen) atoms. The maximum absolute atomic E-state index is 12.7. The van der Waals surface area contributed by atoms with Crippen molar-refractivity contribution in [2.24, 2.45) is 0 Å². The summed E-state index contributed by atoms with van der Waals surface area (Å²) < 4.78 is 0.976. The van der Waals surface area contributed by atoms with Crippen molar-refractivity contribution >= 4 is 39.6 Å². The molecule has 0 saturated carbocycles. The molecule has 1 amide bonds. The predicted molar refractivity (Wildman–Crippen MR) is 87.6 cm³/mol. The lowest BCUT2D eigenvalue weighted by atomic mass is 9.98. The molecule has 0 aromatic heterocycles. The molecule has 1 N–H and O–H groups in total. The molecular weight excluding hydrogens is 354 g/mol. The first-order valence-corrected chi connectivity index (χ1v) is 8.79. The molecule has 6 heteroatoms. The van der Waals surface area contributed by atoms with Gasteiger partial charge in [-0.1, -0.05) is 28.1 Å². The van der Waals surface area contributed by atoms with Crippen LogP contribution in [-0.4, -0.2) is 46.0 Å². The Morgan fingerprint density at radius 2 is 2.10 bits per heavy atom. The van der Waals surface area contributed by atoms with Gasteiger partial charge in [0, 0.05) is 22.5 Å². The number of carboxylic acids is 1. The summed E-state index contributed by atoms with van der Waals surface area (Å²) in [7, 11) is 0. The molecule has 1 aliphatic rings. The highest BCUT2D eigenvalue weighted by Crippen LogP contribution is 2.25. The maximum atomic E-state index is 12.7. The summed E-state index contributed by atoms with van der Waals surface area (Å²) in [5, 5.41) is 9.00. The summed E-state index contributed by atoms with van der Waals surface area (Å²) in [6.07, 6.45) is 0.0196. The fourth-order valence-corrected chi connectivity index (χ4v) is 3.79. The van der Waals surface area contributed by atoms with Crippen LogP contribution < -0.4 is 0 Å². The number of thioether (sulfide) groups is 1. The number of hydrogen-bond donors (Lipinski definition) is 1. The SMILES string of the molecule is CC(C(=O)N1CCSCC1CC(=O)O)c1ccc(Br)cc1. The van der Waals surface area contributed by atoms with Gasteiger partial charge < -0.3 is 10.0 Å². The molecule has 0 aliphatic carbocycles. The maximum Gasteiger partial charge on any atom is 0.305 e. The van der Waals surface area contributed by atoms with E-state index >= 15 is 0 Å². The largest absolute Gasteiger partial charge is 0.481 e. The minimum Gasteiger partial charge on any atom is -0.481 e. The van der Waals surface area contributed by atoms with Gasteiger partial charge in [0.1, 0.15) is 0 Å². The van der Waals surface area contributed by atoms with Gasteiger partial charge in [-0.2, -0.15) is 11.8 Å². The fourth-order valence-electron chi connectivity index (χ4n) is 2.46. The lowest BCUT2D eigenvalue weighted by Gasteiger charge is -2.36. The Kier molecular flexibility index (Phi) is 5.70. The average molecular weight is 372 g/mol. The molecule has 0 spiro atoms. The van der Waals surface area contributed by atoms with Gasteiger partial charge in [0.25, 0.3) is 0 Å². The zero-order valence-corrected chi connectivity index (χ0v) is 14.2. The average Bonchev–Trinajstić information content (AvgIpc) is 2.46. The first-order chi connectivity index (χ1) is 9.99. The first-order valence-electron chi connectivity index (χ1n) is 6.84. The summed E-state index contributed by atoms with van der Waals surface area (Å²) in [5.74, 6) is 0.484. The smallest absolute Gasteiger partial charge is 0.305 e. The van der Waals surface area contributed by atoms with E-state index in [0.717, 1.165) is 15.8 Å². The third-order valence-electron chi connectivity index (χ3n) is 3.66. The molecule has 1 saturated heterocycles. The van der Waals surface area contributed by atoms with Crippen molar-refractivity contribution in [2.75, 3.05) is 18.1 Å². The minimum absolute atomic E-state index is 0.0175. The summed E-state index contributed by atoms with van der Waals surface area (Å²) in [6.45, 7) is 2.51. The van der Waals surface area contributed by atoms with Crippen molar-refractivity contribution in [2.45, 2.75) is 25.3 Å². The Balaban J connectivity index is 2.12. The van der Waals surface area contributed by atoms with Crippen molar-refractivity contribution in [1.29, 1.82) is 0 Å². The summed E-state index contributed by atoms with van der Waals surface area (Å²) >= 11 is 5.09. The van der Waals surface area contributed by atoms with Crippen molar-refractivity contribution < 1.29 is 14.7 Å². The Morgan fingerprint density at radius 3 is 2.71 bits per heavy atom. The van der Waals surface area contributed by atoms with Crippen LogP contribution in [0.15, 0.2) is 28.7 Å². The Labute approximate surface area is 137 Å². The summed E-state index contributed by atoms with van der Waals surface area (Å²) in [4.78, 5) is 25.4. The van der Waals surface area contributed by atoms with Gasteiger partial charge in [0.15, 0.2) is 0 Å². The zero-order valence-electron chi connectivity index (χ0n) is 11.8. The number of carbonyl (C=O) groups is 2. The number of amides is 1. The molecule has 1 aromatic rings. The third kappa shape index (κ3) is 4.23. The van der Waals surface area contributed by atoms with Gasteiger partial charge in [-0.05, 0) is 24.6 Å². The van der Waals surface area contributed by atoms with E-state index in [-0.39, 0.29) is 24.3 Å². The molecular formula is C15H18BrNO3S. The van der Waals surface area contributed by atoms with E-state index in [1.165, 1.54) is 0 Å². The van der Waals surface area contributed by atoms with Crippen LogP contribution in [0.4, 0.5) is 0 Å². The Hall–Kier alpha value is -1.01. The van der Waals surface area contributed by atoms with E-state index in [4.69, 9.17) is 5.11 Å². The number of rotatable bonds is 4. The van der Waals surface area contributed by atoms with Crippen molar-refractivity contribution in [3.8, 4) is 0 Å². The lowest BCUT2D eigenvalue weighted by Crippen LogP contribution is -2.48. The number of hydrogen-bond acceptors (Lipinski definition) is 3. The second-order valence-corrected chi connectivity index (χ2v) is 7.20. The van der Waals surface area contributed by atoms with E-state index < -0.39 is 5.97 Å². The van der Waals surface area contributed by atoms with Crippen LogP contribution in [0.1, 0.15) is 24.8 Å². The monoisotopic (exact) mass is 371 g/mol. The van der Waals surface area contributed by atoms with Gasteiger partial charge in [-0.15, -0.1) is 0 Å². The van der Waals surface area contributed by atoms with Gasteiger partial charge >= 0.3 is 5.97 Å². The summed E-state index contributed by atoms with van der Waals surface area (Å²) in [5.41, 5.74) is 0.954. The first kappa shape index (κ1) is 16.4. The molecule has 1 heterocycles. The van der Waals surface area contributed by atoms with Crippen molar-refractivity contribution in [3.63, 3.8) is 0 Å². The molecule has 1 aliphatic heterocycles. The van der Waals surface area contributed by atoms with E-state index in [2.05, 4.69) is 15.9 Å². The Morgan fingerprint density at radius 1 is 1.43 bits per heavy atom. The summed E-state index contributed by atoms with van der Waals surface area (Å²) in [6, 6.07) is 7.49. The van der Waals surface area contributed by atoms with Crippen LogP contribution in [0.2, 0.25) is 0 Å². The topological polar surface area (TPSA) is 57.6 Å². The molecule has 114 valence electrons. The fraction of sp³-hybridized carbons (Fsp3) is 0.467. The van der Waals surface area contributed by atoms with Gasteiger partial charge in [-0.25, -0.2) is 0 Å². The van der Waals surface area contributed by atoms with E-state index in [0.29, 0.717) is 12.3 Å². The number of benzene rings is 1. The molecule has 1 aromatic carbocycles. The minimum atomic E-state index is -0.850. The molecule has 2 atom stereocenters. The molecule has 2 rings (SSSR count). The van der Waals surface area contributed by atoms with Crippen LogP contribution >= 0.6 is 27.7 Å². The second kappa shape index (κ2) is 7.31. The van der Waals surface area contributed by atoms with Crippen LogP contribution in [0.3, 0.4) is 0 Å². The number of aliphatic carboxylic acids is 1. The quantitative estimate of drug-likeness (QED) is 0.883. The predicted octanol–water partition coefficient (Wildman–Crippen LogP) is 2.97. The normalized spacial score (nSPS) is 20.1. The molecule has 2 unspecified atom stereocenters. The highest BCUT2D eigenvalue weighted by atomic mass is 79.9. The van der Waals surface area contributed by atoms with E-state index in [1.54, 1.807) is 16.7 Å². The van der Waals surface area contributed by atoms with Crippen molar-refractivity contribution in [3.05, 3.63) is 34.3 Å². The van der Waals surface area contributed by atoms with Crippen LogP contribution in [0.25, 0.3) is 0 Å². The Bertz CT molecular complexity index is 520. The molecule has 1 fully saturated rings. The van der Waals surface area contributed by atoms with Crippen LogP contribution in [0, 0.1) is 0 Å². The van der Waals surface area contributed by atoms with E-state index in [1.807, 2.05) is 31.2 Å². The number of carbonyl (C=O) groups excluding carboxylic acids is 1. The van der Waals surface area contributed by atoms with Crippen LogP contribution in [-0.2, 0) is 9.59 Å². The second-order valence-electron chi connectivity index (χ2n) is 5.13. The lowest BCUT2D eigenvalue weighted by molar-refractivity contribution is -0.140.